The van der Waals surface area contributed by atoms with E-state index in [4.69, 9.17) is 35.3 Å². The van der Waals surface area contributed by atoms with E-state index in [1.54, 1.807) is 27.2 Å². The summed E-state index contributed by atoms with van der Waals surface area (Å²) in [6.45, 7) is 3.35. The van der Waals surface area contributed by atoms with Crippen LogP contribution in [0.25, 0.3) is 16.6 Å². The Hall–Kier alpha value is -4.91. The van der Waals surface area contributed by atoms with Gasteiger partial charge in [0.2, 0.25) is 0 Å². The molecule has 12 heteroatoms. The van der Waals surface area contributed by atoms with Gasteiger partial charge in [-0.2, -0.15) is 0 Å². The molecule has 44 heavy (non-hydrogen) atoms. The minimum absolute atomic E-state index is 0.158. The molecule has 0 fully saturated rings. The monoisotopic (exact) mass is 602 g/mol. The largest absolute Gasteiger partial charge is 0.487 e. The maximum Gasteiger partial charge on any atom is 0.330 e. The van der Waals surface area contributed by atoms with Crippen LogP contribution >= 0.6 is 0 Å². The Morgan fingerprint density at radius 1 is 0.932 bits per heavy atom. The Labute approximate surface area is 256 Å². The molecule has 1 atom stereocenters. The van der Waals surface area contributed by atoms with Gasteiger partial charge in [0.25, 0.3) is 0 Å². The molecule has 0 unspecified atom stereocenters. The molecule has 12 nitrogen and oxygen atoms in total. The van der Waals surface area contributed by atoms with E-state index in [0.717, 1.165) is 16.6 Å². The second kappa shape index (κ2) is 16.1. The van der Waals surface area contributed by atoms with Crippen molar-refractivity contribution in [2.75, 3.05) is 46.0 Å². The van der Waals surface area contributed by atoms with Crippen molar-refractivity contribution >= 4 is 34.1 Å². The molecule has 0 saturated carbocycles. The number of rotatable bonds is 16. The van der Waals surface area contributed by atoms with Crippen LogP contribution in [0.15, 0.2) is 79.3 Å². The number of ether oxygens (including phenoxy) is 5. The van der Waals surface area contributed by atoms with Gasteiger partial charge in [0.15, 0.2) is 11.5 Å². The van der Waals surface area contributed by atoms with Crippen molar-refractivity contribution < 1.29 is 28.5 Å². The summed E-state index contributed by atoms with van der Waals surface area (Å²) in [6, 6.07) is 19.7. The van der Waals surface area contributed by atoms with Gasteiger partial charge < -0.3 is 39.7 Å². The Kier molecular flexibility index (Phi) is 11.7. The topological polar surface area (TPSA) is 156 Å². The van der Waals surface area contributed by atoms with Crippen LogP contribution in [-0.4, -0.2) is 67.6 Å². The summed E-state index contributed by atoms with van der Waals surface area (Å²) in [5, 5.41) is 5.30. The SMILES string of the molecule is COCCOc1cc2ncnc(Nc3cccc(/C(N)=C/N(N)[C@@H](C)C(=O)OCc4ccccc4)c3)c2cc1OCCOC. The van der Waals surface area contributed by atoms with Gasteiger partial charge in [0.1, 0.15) is 38.0 Å². The lowest BCUT2D eigenvalue weighted by molar-refractivity contribution is -0.149. The summed E-state index contributed by atoms with van der Waals surface area (Å²) in [6.07, 6.45) is 2.97. The first kappa shape index (κ1) is 32.0. The number of anilines is 2. The van der Waals surface area contributed by atoms with E-state index in [1.165, 1.54) is 17.5 Å². The summed E-state index contributed by atoms with van der Waals surface area (Å²) in [7, 11) is 3.22. The number of hydrogen-bond acceptors (Lipinski definition) is 12. The molecule has 5 N–H and O–H groups in total. The van der Waals surface area contributed by atoms with E-state index < -0.39 is 12.0 Å². The average Bonchev–Trinajstić information content (AvgIpc) is 3.04. The average molecular weight is 603 g/mol. The van der Waals surface area contributed by atoms with Gasteiger partial charge in [-0.3, -0.25) is 0 Å². The van der Waals surface area contributed by atoms with E-state index in [9.17, 15) is 4.79 Å². The number of carbonyl (C=O) groups is 1. The molecule has 0 radical (unpaired) electrons. The molecule has 0 aliphatic heterocycles. The molecule has 0 amide bonds. The minimum atomic E-state index is -0.755. The van der Waals surface area contributed by atoms with Crippen molar-refractivity contribution in [3.05, 3.63) is 90.4 Å². The number of carbonyl (C=O) groups excluding carboxylic acids is 1. The molecule has 1 heterocycles. The molecule has 0 bridgehead atoms. The minimum Gasteiger partial charge on any atom is -0.487 e. The summed E-state index contributed by atoms with van der Waals surface area (Å²) >= 11 is 0. The van der Waals surface area contributed by atoms with Gasteiger partial charge in [-0.05, 0) is 30.7 Å². The van der Waals surface area contributed by atoms with Gasteiger partial charge >= 0.3 is 5.97 Å². The fourth-order valence-electron chi connectivity index (χ4n) is 4.09. The maximum absolute atomic E-state index is 12.6. The molecule has 0 spiro atoms. The van der Waals surface area contributed by atoms with Crippen LogP contribution in [0.2, 0.25) is 0 Å². The third kappa shape index (κ3) is 8.80. The highest BCUT2D eigenvalue weighted by atomic mass is 16.5. The summed E-state index contributed by atoms with van der Waals surface area (Å²) < 4.78 is 27.5. The van der Waals surface area contributed by atoms with Gasteiger partial charge in [-0.25, -0.2) is 20.6 Å². The van der Waals surface area contributed by atoms with E-state index in [1.807, 2.05) is 60.7 Å². The molecule has 4 rings (SSSR count). The normalized spacial score (nSPS) is 12.0. The van der Waals surface area contributed by atoms with Crippen LogP contribution < -0.4 is 26.4 Å². The number of benzene rings is 3. The van der Waals surface area contributed by atoms with E-state index in [0.29, 0.717) is 60.5 Å². The molecule has 0 aliphatic rings. The number of hydrazine groups is 1. The highest BCUT2D eigenvalue weighted by molar-refractivity contribution is 5.93. The molecule has 1 aromatic heterocycles. The lowest BCUT2D eigenvalue weighted by atomic mass is 10.1. The Bertz CT molecular complexity index is 1550. The highest BCUT2D eigenvalue weighted by Crippen LogP contribution is 2.35. The number of hydrogen-bond donors (Lipinski definition) is 3. The van der Waals surface area contributed by atoms with Crippen molar-refractivity contribution in [2.24, 2.45) is 11.6 Å². The van der Waals surface area contributed by atoms with E-state index in [2.05, 4.69) is 15.3 Å². The van der Waals surface area contributed by atoms with Gasteiger partial charge in [-0.15, -0.1) is 0 Å². The number of methoxy groups -OCH3 is 2. The number of aromatic nitrogens is 2. The first-order chi connectivity index (χ1) is 21.4. The Morgan fingerprint density at radius 3 is 2.34 bits per heavy atom. The van der Waals surface area contributed by atoms with Crippen LogP contribution in [0, 0.1) is 0 Å². The summed E-state index contributed by atoms with van der Waals surface area (Å²) in [4.78, 5) is 21.4. The predicted molar refractivity (Wildman–Crippen MR) is 168 cm³/mol. The fraction of sp³-hybridized carbons (Fsp3) is 0.281. The summed E-state index contributed by atoms with van der Waals surface area (Å²) in [5.41, 5.74) is 9.70. The zero-order chi connectivity index (χ0) is 31.3. The van der Waals surface area contributed by atoms with Crippen molar-refractivity contribution in [1.29, 1.82) is 0 Å². The number of fused-ring (bicyclic) bond motifs is 1. The number of esters is 1. The molecule has 3 aromatic carbocycles. The van der Waals surface area contributed by atoms with Crippen molar-refractivity contribution in [2.45, 2.75) is 19.6 Å². The second-order valence-electron chi connectivity index (χ2n) is 9.73. The van der Waals surface area contributed by atoms with Gasteiger partial charge in [-0.1, -0.05) is 42.5 Å². The van der Waals surface area contributed by atoms with E-state index in [-0.39, 0.29) is 6.61 Å². The number of nitrogens with zero attached hydrogens (tertiary/aromatic N) is 3. The number of nitrogens with two attached hydrogens (primary N) is 2. The third-order valence-electron chi connectivity index (χ3n) is 6.55. The lowest BCUT2D eigenvalue weighted by Gasteiger charge is -2.22. The smallest absolute Gasteiger partial charge is 0.330 e. The van der Waals surface area contributed by atoms with Crippen LogP contribution in [0.3, 0.4) is 0 Å². The Morgan fingerprint density at radius 2 is 1.64 bits per heavy atom. The Balaban J connectivity index is 1.49. The van der Waals surface area contributed by atoms with Crippen LogP contribution in [0.5, 0.6) is 11.5 Å². The van der Waals surface area contributed by atoms with Crippen molar-refractivity contribution in [3.63, 3.8) is 0 Å². The zero-order valence-corrected chi connectivity index (χ0v) is 25.1. The van der Waals surface area contributed by atoms with Gasteiger partial charge in [0, 0.05) is 43.1 Å². The summed E-state index contributed by atoms with van der Waals surface area (Å²) in [5.74, 6) is 7.33. The molecule has 4 aromatic rings. The fourth-order valence-corrected chi connectivity index (χ4v) is 4.09. The number of nitrogens with one attached hydrogen (secondary N) is 1. The standard InChI is InChI=1S/C32H38N6O6/c1-22(32(39)44-20-23-8-5-4-6-9-23)38(34)19-27(33)24-10-7-11-25(16-24)37-31-26-17-29(42-14-12-40-2)30(43-15-13-41-3)18-28(26)35-21-36-31/h4-11,16-19,21-22H,12-15,20,33-34H2,1-3H3,(H,35,36,37)/b27-19-/t22-/m0/s1. The molecule has 0 saturated heterocycles. The molecule has 232 valence electrons. The second-order valence-corrected chi connectivity index (χ2v) is 9.73. The van der Waals surface area contributed by atoms with E-state index >= 15 is 0 Å². The lowest BCUT2D eigenvalue weighted by Crippen LogP contribution is -2.41. The first-order valence-corrected chi connectivity index (χ1v) is 14.0. The van der Waals surface area contributed by atoms with Gasteiger partial charge in [0.05, 0.1) is 24.4 Å². The van der Waals surface area contributed by atoms with Crippen molar-refractivity contribution in [1.82, 2.24) is 15.0 Å². The zero-order valence-electron chi connectivity index (χ0n) is 25.1. The first-order valence-electron chi connectivity index (χ1n) is 14.0. The van der Waals surface area contributed by atoms with Crippen molar-refractivity contribution in [3.8, 4) is 11.5 Å². The van der Waals surface area contributed by atoms with Crippen LogP contribution in [0.4, 0.5) is 11.5 Å². The molecule has 0 aliphatic carbocycles. The predicted octanol–water partition coefficient (Wildman–Crippen LogP) is 3.99. The maximum atomic E-state index is 12.6. The molecular weight excluding hydrogens is 564 g/mol. The molecular formula is C32H38N6O6. The third-order valence-corrected chi connectivity index (χ3v) is 6.55. The van der Waals surface area contributed by atoms with Crippen LogP contribution in [-0.2, 0) is 25.6 Å². The quantitative estimate of drug-likeness (QED) is 0.0735. The highest BCUT2D eigenvalue weighted by Gasteiger charge is 2.19. The van der Waals surface area contributed by atoms with Crippen LogP contribution in [0.1, 0.15) is 18.1 Å².